The summed E-state index contributed by atoms with van der Waals surface area (Å²) in [7, 11) is 0. The maximum Gasteiger partial charge on any atom is 0.299 e. The molecule has 0 aliphatic rings. The van der Waals surface area contributed by atoms with Crippen LogP contribution in [0.1, 0.15) is 16.8 Å². The SMILES string of the molecule is Nc1ccccc1C(=O)CCNc1ccc([N+](=O)[O-])cc1[N+](=O)[O-]. The summed E-state index contributed by atoms with van der Waals surface area (Å²) in [6, 6.07) is 9.90. The van der Waals surface area contributed by atoms with Crippen molar-refractivity contribution in [2.24, 2.45) is 0 Å². The highest BCUT2D eigenvalue weighted by molar-refractivity contribution is 6.00. The Morgan fingerprint density at radius 2 is 1.79 bits per heavy atom. The normalized spacial score (nSPS) is 10.2. The third-order valence-corrected chi connectivity index (χ3v) is 3.32. The van der Waals surface area contributed by atoms with Crippen molar-refractivity contribution in [3.63, 3.8) is 0 Å². The van der Waals surface area contributed by atoms with E-state index in [4.69, 9.17) is 5.73 Å². The minimum atomic E-state index is -0.716. The van der Waals surface area contributed by atoms with Crippen LogP contribution in [-0.4, -0.2) is 22.2 Å². The van der Waals surface area contributed by atoms with Crippen molar-refractivity contribution >= 4 is 28.5 Å². The molecule has 0 saturated carbocycles. The Morgan fingerprint density at radius 1 is 1.08 bits per heavy atom. The molecule has 0 fully saturated rings. The van der Waals surface area contributed by atoms with Gasteiger partial charge in [0.1, 0.15) is 5.69 Å². The summed E-state index contributed by atoms with van der Waals surface area (Å²) in [6.07, 6.45) is 0.0718. The first-order valence-corrected chi connectivity index (χ1v) is 6.94. The van der Waals surface area contributed by atoms with Gasteiger partial charge in [-0.25, -0.2) is 0 Å². The second-order valence-corrected chi connectivity index (χ2v) is 4.90. The minimum Gasteiger partial charge on any atom is -0.398 e. The number of anilines is 2. The van der Waals surface area contributed by atoms with Crippen LogP contribution in [0.5, 0.6) is 0 Å². The van der Waals surface area contributed by atoms with Crippen LogP contribution >= 0.6 is 0 Å². The van der Waals surface area contributed by atoms with Crippen LogP contribution in [-0.2, 0) is 0 Å². The first-order valence-electron chi connectivity index (χ1n) is 6.94. The van der Waals surface area contributed by atoms with Crippen molar-refractivity contribution in [1.29, 1.82) is 0 Å². The highest BCUT2D eigenvalue weighted by atomic mass is 16.6. The maximum absolute atomic E-state index is 12.1. The molecule has 0 saturated heterocycles. The second kappa shape index (κ2) is 7.18. The van der Waals surface area contributed by atoms with Crippen LogP contribution in [0.3, 0.4) is 0 Å². The largest absolute Gasteiger partial charge is 0.398 e. The molecule has 0 bridgehead atoms. The highest BCUT2D eigenvalue weighted by Gasteiger charge is 2.19. The second-order valence-electron chi connectivity index (χ2n) is 4.90. The van der Waals surface area contributed by atoms with Crippen molar-refractivity contribution in [2.75, 3.05) is 17.6 Å². The summed E-state index contributed by atoms with van der Waals surface area (Å²) in [5.41, 5.74) is 5.79. The Labute approximate surface area is 136 Å². The summed E-state index contributed by atoms with van der Waals surface area (Å²) >= 11 is 0. The molecular weight excluding hydrogens is 316 g/mol. The number of carbonyl (C=O) groups excluding carboxylic acids is 1. The van der Waals surface area contributed by atoms with Gasteiger partial charge in [0.25, 0.3) is 11.4 Å². The average molecular weight is 330 g/mol. The molecule has 2 aromatic carbocycles. The molecule has 124 valence electrons. The van der Waals surface area contributed by atoms with Gasteiger partial charge in [0.2, 0.25) is 0 Å². The number of para-hydroxylation sites is 1. The zero-order valence-electron chi connectivity index (χ0n) is 12.5. The van der Waals surface area contributed by atoms with Gasteiger partial charge in [0.15, 0.2) is 5.78 Å². The Hall–Kier alpha value is -3.49. The molecule has 0 spiro atoms. The summed E-state index contributed by atoms with van der Waals surface area (Å²) in [5, 5.41) is 24.5. The number of hydrogen-bond donors (Lipinski definition) is 2. The lowest BCUT2D eigenvalue weighted by molar-refractivity contribution is -0.393. The number of nitro benzene ring substituents is 2. The van der Waals surface area contributed by atoms with Gasteiger partial charge in [-0.1, -0.05) is 12.1 Å². The van der Waals surface area contributed by atoms with Gasteiger partial charge < -0.3 is 11.1 Å². The van der Waals surface area contributed by atoms with Crippen LogP contribution in [0, 0.1) is 20.2 Å². The fraction of sp³-hybridized carbons (Fsp3) is 0.133. The number of nitrogen functional groups attached to an aromatic ring is 1. The van der Waals surface area contributed by atoms with E-state index in [0.29, 0.717) is 11.3 Å². The molecule has 9 heteroatoms. The van der Waals surface area contributed by atoms with Crippen LogP contribution < -0.4 is 11.1 Å². The van der Waals surface area contributed by atoms with Crippen molar-refractivity contribution in [3.05, 3.63) is 68.3 Å². The number of hydrogen-bond acceptors (Lipinski definition) is 7. The fourth-order valence-electron chi connectivity index (χ4n) is 2.13. The molecular formula is C15H14N4O5. The number of non-ortho nitro benzene ring substituents is 1. The Bertz CT molecular complexity index is 806. The first-order chi connectivity index (χ1) is 11.4. The third-order valence-electron chi connectivity index (χ3n) is 3.32. The number of Topliss-reactive ketones (excluding diaryl/α,β-unsaturated/α-hetero) is 1. The molecule has 0 heterocycles. The Morgan fingerprint density at radius 3 is 2.42 bits per heavy atom. The van der Waals surface area contributed by atoms with Crippen LogP contribution in [0.15, 0.2) is 42.5 Å². The van der Waals surface area contributed by atoms with E-state index in [0.717, 1.165) is 12.1 Å². The van der Waals surface area contributed by atoms with E-state index in [1.165, 1.54) is 6.07 Å². The van der Waals surface area contributed by atoms with E-state index < -0.39 is 15.5 Å². The average Bonchev–Trinajstić information content (AvgIpc) is 2.55. The van der Waals surface area contributed by atoms with Crippen LogP contribution in [0.2, 0.25) is 0 Å². The molecule has 2 rings (SSSR count). The molecule has 9 nitrogen and oxygen atoms in total. The number of rotatable bonds is 7. The molecule has 24 heavy (non-hydrogen) atoms. The molecule has 3 N–H and O–H groups in total. The van der Waals surface area contributed by atoms with E-state index in [1.807, 2.05) is 0 Å². The zero-order valence-corrected chi connectivity index (χ0v) is 12.5. The van der Waals surface area contributed by atoms with E-state index in [1.54, 1.807) is 24.3 Å². The van der Waals surface area contributed by atoms with Gasteiger partial charge in [0, 0.05) is 30.3 Å². The minimum absolute atomic E-state index is 0.0718. The number of nitro groups is 2. The topological polar surface area (TPSA) is 141 Å². The predicted molar refractivity (Wildman–Crippen MR) is 88.0 cm³/mol. The van der Waals surface area contributed by atoms with Gasteiger partial charge in [-0.15, -0.1) is 0 Å². The molecule has 0 aliphatic heterocycles. The summed E-state index contributed by atoms with van der Waals surface area (Å²) in [6.45, 7) is 0.131. The highest BCUT2D eigenvalue weighted by Crippen LogP contribution is 2.28. The number of ketones is 1. The van der Waals surface area contributed by atoms with Crippen molar-refractivity contribution in [1.82, 2.24) is 0 Å². The predicted octanol–water partition coefficient (Wildman–Crippen LogP) is 2.77. The molecule has 0 radical (unpaired) electrons. The molecule has 0 atom stereocenters. The lowest BCUT2D eigenvalue weighted by Gasteiger charge is -2.08. The monoisotopic (exact) mass is 330 g/mol. The molecule has 2 aromatic rings. The quantitative estimate of drug-likeness (QED) is 0.344. The Kier molecular flexibility index (Phi) is 5.05. The van der Waals surface area contributed by atoms with Gasteiger partial charge in [-0.2, -0.15) is 0 Å². The van der Waals surface area contributed by atoms with Gasteiger partial charge >= 0.3 is 0 Å². The van der Waals surface area contributed by atoms with Crippen LogP contribution in [0.4, 0.5) is 22.7 Å². The van der Waals surface area contributed by atoms with Gasteiger partial charge in [-0.05, 0) is 18.2 Å². The van der Waals surface area contributed by atoms with E-state index in [2.05, 4.69) is 5.32 Å². The summed E-state index contributed by atoms with van der Waals surface area (Å²) in [5.74, 6) is -0.204. The number of nitrogens with one attached hydrogen (secondary N) is 1. The standard InChI is InChI=1S/C15H14N4O5/c16-12-4-2-1-3-11(12)15(20)7-8-17-13-6-5-10(18(21)22)9-14(13)19(23)24/h1-6,9,17H,7-8,16H2. The van der Waals surface area contributed by atoms with Crippen molar-refractivity contribution in [2.45, 2.75) is 6.42 Å². The lowest BCUT2D eigenvalue weighted by Crippen LogP contribution is -2.11. The lowest BCUT2D eigenvalue weighted by atomic mass is 10.1. The molecule has 0 amide bonds. The zero-order chi connectivity index (χ0) is 17.7. The number of nitrogens with zero attached hydrogens (tertiary/aromatic N) is 2. The smallest absolute Gasteiger partial charge is 0.299 e. The molecule has 0 aliphatic carbocycles. The first kappa shape index (κ1) is 16.9. The van der Waals surface area contributed by atoms with Crippen molar-refractivity contribution < 1.29 is 14.6 Å². The fourth-order valence-corrected chi connectivity index (χ4v) is 2.13. The summed E-state index contributed by atoms with van der Waals surface area (Å²) < 4.78 is 0. The van der Waals surface area contributed by atoms with Gasteiger partial charge in [-0.3, -0.25) is 25.0 Å². The van der Waals surface area contributed by atoms with E-state index in [-0.39, 0.29) is 30.1 Å². The molecule has 0 unspecified atom stereocenters. The number of benzene rings is 2. The number of carbonyl (C=O) groups is 1. The van der Waals surface area contributed by atoms with Crippen molar-refractivity contribution in [3.8, 4) is 0 Å². The van der Waals surface area contributed by atoms with E-state index >= 15 is 0 Å². The maximum atomic E-state index is 12.1. The third kappa shape index (κ3) is 3.83. The number of nitrogens with two attached hydrogens (primary N) is 1. The molecule has 0 aromatic heterocycles. The summed E-state index contributed by atoms with van der Waals surface area (Å²) in [4.78, 5) is 32.4. The Balaban J connectivity index is 2.07. The van der Waals surface area contributed by atoms with E-state index in [9.17, 15) is 25.0 Å². The van der Waals surface area contributed by atoms with Crippen LogP contribution in [0.25, 0.3) is 0 Å². The van der Waals surface area contributed by atoms with Gasteiger partial charge in [0.05, 0.1) is 15.9 Å².